The first-order valence-electron chi connectivity index (χ1n) is 4.36. The summed E-state index contributed by atoms with van der Waals surface area (Å²) in [4.78, 5) is 11.2. The molecule has 72 valence electrons. The Hall–Kier alpha value is -0.690. The number of carbonyl (C=O) groups is 1. The van der Waals surface area contributed by atoms with Gasteiger partial charge in [-0.3, -0.25) is 4.79 Å². The molecule has 4 heteroatoms. The summed E-state index contributed by atoms with van der Waals surface area (Å²) in [7, 11) is 0. The van der Waals surface area contributed by atoms with Crippen molar-refractivity contribution in [2.24, 2.45) is 5.92 Å². The number of nitriles is 1. The molecule has 1 saturated carbocycles. The van der Waals surface area contributed by atoms with Crippen LogP contribution in [-0.4, -0.2) is 23.5 Å². The van der Waals surface area contributed by atoms with Crippen LogP contribution < -0.4 is 5.32 Å². The Bertz CT molecular complexity index is 242. The second kappa shape index (κ2) is 4.01. The summed E-state index contributed by atoms with van der Waals surface area (Å²) < 4.78 is 0.283. The third-order valence-electron chi connectivity index (χ3n) is 2.41. The fourth-order valence-electron chi connectivity index (χ4n) is 1.05. The molecule has 0 radical (unpaired) electrons. The van der Waals surface area contributed by atoms with E-state index in [0.717, 1.165) is 0 Å². The predicted octanol–water partition coefficient (Wildman–Crippen LogP) is 1.16. The molecule has 1 aliphatic rings. The van der Waals surface area contributed by atoms with E-state index < -0.39 is 5.92 Å². The maximum Gasteiger partial charge on any atom is 0.237 e. The first-order chi connectivity index (χ1) is 6.13. The van der Waals surface area contributed by atoms with Crippen LogP contribution in [0.2, 0.25) is 0 Å². The fourth-order valence-corrected chi connectivity index (χ4v) is 1.78. The molecule has 0 heterocycles. The summed E-state index contributed by atoms with van der Waals surface area (Å²) >= 11 is 1.80. The molecule has 1 atom stereocenters. The van der Waals surface area contributed by atoms with E-state index in [2.05, 4.69) is 11.6 Å². The number of nitrogens with zero attached hydrogens (tertiary/aromatic N) is 1. The second-order valence-corrected chi connectivity index (χ2v) is 4.73. The SMILES string of the molecule is CSC1(CNC(=O)C(C)C#N)CC1. The highest BCUT2D eigenvalue weighted by Crippen LogP contribution is 2.46. The van der Waals surface area contributed by atoms with Crippen LogP contribution in [0.1, 0.15) is 19.8 Å². The van der Waals surface area contributed by atoms with Crippen molar-refractivity contribution in [3.8, 4) is 6.07 Å². The van der Waals surface area contributed by atoms with E-state index in [4.69, 9.17) is 5.26 Å². The van der Waals surface area contributed by atoms with Gasteiger partial charge in [-0.15, -0.1) is 0 Å². The minimum Gasteiger partial charge on any atom is -0.354 e. The predicted molar refractivity (Wildman–Crippen MR) is 53.3 cm³/mol. The van der Waals surface area contributed by atoms with Crippen LogP contribution in [0, 0.1) is 17.2 Å². The molecule has 0 saturated heterocycles. The smallest absolute Gasteiger partial charge is 0.237 e. The first kappa shape index (κ1) is 10.4. The monoisotopic (exact) mass is 198 g/mol. The molecule has 1 N–H and O–H groups in total. The van der Waals surface area contributed by atoms with Gasteiger partial charge >= 0.3 is 0 Å². The van der Waals surface area contributed by atoms with Gasteiger partial charge in [0.15, 0.2) is 0 Å². The summed E-state index contributed by atoms with van der Waals surface area (Å²) in [5, 5.41) is 11.3. The third kappa shape index (κ3) is 2.63. The minimum absolute atomic E-state index is 0.150. The Morgan fingerprint density at radius 3 is 2.77 bits per heavy atom. The minimum atomic E-state index is -0.530. The highest BCUT2D eigenvalue weighted by atomic mass is 32.2. The van der Waals surface area contributed by atoms with E-state index in [0.29, 0.717) is 6.54 Å². The van der Waals surface area contributed by atoms with Crippen LogP contribution in [0.5, 0.6) is 0 Å². The highest BCUT2D eigenvalue weighted by Gasteiger charge is 2.42. The van der Waals surface area contributed by atoms with Crippen molar-refractivity contribution in [3.05, 3.63) is 0 Å². The average Bonchev–Trinajstić information content (AvgIpc) is 2.93. The number of rotatable bonds is 4. The van der Waals surface area contributed by atoms with Gasteiger partial charge in [-0.25, -0.2) is 0 Å². The quantitative estimate of drug-likeness (QED) is 0.737. The van der Waals surface area contributed by atoms with Crippen molar-refractivity contribution in [3.63, 3.8) is 0 Å². The number of hydrogen-bond acceptors (Lipinski definition) is 3. The lowest BCUT2D eigenvalue weighted by Crippen LogP contribution is -2.34. The van der Waals surface area contributed by atoms with Crippen molar-refractivity contribution >= 4 is 17.7 Å². The zero-order chi connectivity index (χ0) is 9.90. The molecule has 1 fully saturated rings. The van der Waals surface area contributed by atoms with Gasteiger partial charge in [0, 0.05) is 11.3 Å². The summed E-state index contributed by atoms with van der Waals surface area (Å²) in [5.74, 6) is -0.680. The maximum absolute atomic E-state index is 11.2. The van der Waals surface area contributed by atoms with Crippen molar-refractivity contribution in [2.75, 3.05) is 12.8 Å². The standard InChI is InChI=1S/C9H14N2OS/c1-7(5-10)8(12)11-6-9(13-2)3-4-9/h7H,3-4,6H2,1-2H3,(H,11,12). The van der Waals surface area contributed by atoms with Crippen LogP contribution in [0.4, 0.5) is 0 Å². The van der Waals surface area contributed by atoms with Gasteiger partial charge < -0.3 is 5.32 Å². The summed E-state index contributed by atoms with van der Waals surface area (Å²) in [6.45, 7) is 2.33. The molecule has 0 bridgehead atoms. The van der Waals surface area contributed by atoms with Gasteiger partial charge in [-0.1, -0.05) is 0 Å². The van der Waals surface area contributed by atoms with Gasteiger partial charge in [0.25, 0.3) is 0 Å². The van der Waals surface area contributed by atoms with Gasteiger partial charge in [0.2, 0.25) is 5.91 Å². The van der Waals surface area contributed by atoms with E-state index in [9.17, 15) is 4.79 Å². The zero-order valence-electron chi connectivity index (χ0n) is 7.96. The van der Waals surface area contributed by atoms with Crippen molar-refractivity contribution < 1.29 is 4.79 Å². The molecule has 0 aromatic heterocycles. The molecular weight excluding hydrogens is 184 g/mol. The third-order valence-corrected chi connectivity index (χ3v) is 3.83. The van der Waals surface area contributed by atoms with Crippen molar-refractivity contribution in [1.82, 2.24) is 5.32 Å². The van der Waals surface area contributed by atoms with E-state index in [1.807, 2.05) is 6.07 Å². The maximum atomic E-state index is 11.2. The molecule has 1 unspecified atom stereocenters. The second-order valence-electron chi connectivity index (χ2n) is 3.46. The van der Waals surface area contributed by atoms with Crippen LogP contribution in [0.3, 0.4) is 0 Å². The Kier molecular flexibility index (Phi) is 3.21. The molecule has 3 nitrogen and oxygen atoms in total. The van der Waals surface area contributed by atoms with E-state index in [1.54, 1.807) is 18.7 Å². The molecular formula is C9H14N2OS. The van der Waals surface area contributed by atoms with Gasteiger partial charge in [0.1, 0.15) is 5.92 Å². The average molecular weight is 198 g/mol. The largest absolute Gasteiger partial charge is 0.354 e. The molecule has 1 rings (SSSR count). The topological polar surface area (TPSA) is 52.9 Å². The van der Waals surface area contributed by atoms with E-state index in [1.165, 1.54) is 12.8 Å². The Balaban J connectivity index is 2.27. The van der Waals surface area contributed by atoms with Gasteiger partial charge in [0.05, 0.1) is 6.07 Å². The lowest BCUT2D eigenvalue weighted by atomic mass is 10.2. The molecule has 0 aliphatic heterocycles. The molecule has 1 amide bonds. The van der Waals surface area contributed by atoms with Crippen LogP contribution in [0.25, 0.3) is 0 Å². The van der Waals surface area contributed by atoms with Gasteiger partial charge in [-0.2, -0.15) is 17.0 Å². The fraction of sp³-hybridized carbons (Fsp3) is 0.778. The number of nitrogens with one attached hydrogen (secondary N) is 1. The van der Waals surface area contributed by atoms with Gasteiger partial charge in [-0.05, 0) is 26.0 Å². The number of amides is 1. The highest BCUT2D eigenvalue weighted by molar-refractivity contribution is 8.00. The summed E-state index contributed by atoms with van der Waals surface area (Å²) in [6, 6.07) is 1.92. The molecule has 0 aromatic carbocycles. The first-order valence-corrected chi connectivity index (χ1v) is 5.58. The Labute approximate surface area is 82.9 Å². The van der Waals surface area contributed by atoms with Crippen LogP contribution in [-0.2, 0) is 4.79 Å². The zero-order valence-corrected chi connectivity index (χ0v) is 8.78. The van der Waals surface area contributed by atoms with E-state index >= 15 is 0 Å². The number of carbonyl (C=O) groups excluding carboxylic acids is 1. The lowest BCUT2D eigenvalue weighted by Gasteiger charge is -2.13. The molecule has 13 heavy (non-hydrogen) atoms. The molecule has 0 spiro atoms. The number of hydrogen-bond donors (Lipinski definition) is 1. The number of thioether (sulfide) groups is 1. The summed E-state index contributed by atoms with van der Waals surface area (Å²) in [5.41, 5.74) is 0. The normalized spacial score (nSPS) is 20.1. The Morgan fingerprint density at radius 2 is 2.38 bits per heavy atom. The Morgan fingerprint density at radius 1 is 1.77 bits per heavy atom. The van der Waals surface area contributed by atoms with Crippen LogP contribution in [0.15, 0.2) is 0 Å². The summed E-state index contributed by atoms with van der Waals surface area (Å²) in [6.07, 6.45) is 4.41. The van der Waals surface area contributed by atoms with E-state index in [-0.39, 0.29) is 10.7 Å². The van der Waals surface area contributed by atoms with Crippen molar-refractivity contribution in [1.29, 1.82) is 5.26 Å². The van der Waals surface area contributed by atoms with Crippen molar-refractivity contribution in [2.45, 2.75) is 24.5 Å². The lowest BCUT2D eigenvalue weighted by molar-refractivity contribution is -0.122. The molecule has 0 aromatic rings. The molecule has 1 aliphatic carbocycles. The van der Waals surface area contributed by atoms with Crippen LogP contribution >= 0.6 is 11.8 Å².